The molecule has 0 bridgehead atoms. The van der Waals surface area contributed by atoms with Gasteiger partial charge in [-0.25, -0.2) is 4.79 Å². The molecule has 0 unspecified atom stereocenters. The van der Waals surface area contributed by atoms with Crippen molar-refractivity contribution in [3.63, 3.8) is 0 Å². The van der Waals surface area contributed by atoms with Crippen LogP contribution in [0.4, 0.5) is 16.2 Å². The van der Waals surface area contributed by atoms with Crippen molar-refractivity contribution in [2.24, 2.45) is 11.1 Å². The van der Waals surface area contributed by atoms with Crippen molar-refractivity contribution >= 4 is 29.2 Å². The third-order valence-electron chi connectivity index (χ3n) is 5.52. The predicted octanol–water partition coefficient (Wildman–Crippen LogP) is 2.11. The van der Waals surface area contributed by atoms with Gasteiger partial charge in [0, 0.05) is 20.0 Å². The minimum absolute atomic E-state index is 0.154. The summed E-state index contributed by atoms with van der Waals surface area (Å²) >= 11 is 0. The maximum Gasteiger partial charge on any atom is 0.414 e. The minimum atomic E-state index is -0.434. The Labute approximate surface area is 169 Å². The van der Waals surface area contributed by atoms with Crippen LogP contribution in [-0.2, 0) is 14.4 Å². The lowest BCUT2D eigenvalue weighted by molar-refractivity contribution is -0.119. The molecule has 1 aliphatic carbocycles. The van der Waals surface area contributed by atoms with Crippen LogP contribution in [0, 0.1) is 5.92 Å². The number of benzene rings is 1. The average molecular weight is 402 g/mol. The number of hydrogen-bond acceptors (Lipinski definition) is 6. The highest BCUT2D eigenvalue weighted by atomic mass is 16.6. The molecule has 9 heteroatoms. The molecule has 29 heavy (non-hydrogen) atoms. The molecule has 2 heterocycles. The van der Waals surface area contributed by atoms with Crippen LogP contribution in [0.1, 0.15) is 26.2 Å². The number of amidine groups is 1. The standard InChI is InChI=1S/C20H26N4O5/c1-13(25)21-9-16-10-24(20(26)29-16)15-6-7-17-18(8-15)27-12-19(23(17)2)22-28-11-14-4-3-5-14/h6-8,14,16H,3-5,9-12H2,1-2H3,(H,21,25)/b22-19+/t16-/m0/s1. The lowest BCUT2D eigenvalue weighted by atomic mass is 9.86. The molecule has 0 spiro atoms. The van der Waals surface area contributed by atoms with E-state index in [2.05, 4.69) is 10.5 Å². The van der Waals surface area contributed by atoms with Crippen molar-refractivity contribution < 1.29 is 23.9 Å². The Hall–Kier alpha value is -2.97. The van der Waals surface area contributed by atoms with E-state index in [-0.39, 0.29) is 12.0 Å². The van der Waals surface area contributed by atoms with Crippen LogP contribution in [-0.4, -0.2) is 57.3 Å². The van der Waals surface area contributed by atoms with Gasteiger partial charge >= 0.3 is 6.09 Å². The number of nitrogens with one attached hydrogen (secondary N) is 1. The predicted molar refractivity (Wildman–Crippen MR) is 107 cm³/mol. The first-order valence-electron chi connectivity index (χ1n) is 9.93. The molecule has 1 saturated carbocycles. The third-order valence-corrected chi connectivity index (χ3v) is 5.52. The molecule has 2 fully saturated rings. The molecule has 0 aromatic heterocycles. The fourth-order valence-corrected chi connectivity index (χ4v) is 3.50. The zero-order chi connectivity index (χ0) is 20.4. The number of anilines is 2. The second-order valence-electron chi connectivity index (χ2n) is 7.65. The maximum absolute atomic E-state index is 12.2. The first-order chi connectivity index (χ1) is 14.0. The maximum atomic E-state index is 12.2. The molecule has 1 aromatic carbocycles. The smallest absolute Gasteiger partial charge is 0.414 e. The van der Waals surface area contributed by atoms with E-state index in [4.69, 9.17) is 14.3 Å². The van der Waals surface area contributed by atoms with E-state index in [1.54, 1.807) is 4.90 Å². The number of carbonyl (C=O) groups is 2. The molecule has 1 atom stereocenters. The van der Waals surface area contributed by atoms with Gasteiger partial charge in [-0.1, -0.05) is 11.6 Å². The van der Waals surface area contributed by atoms with Crippen molar-refractivity contribution in [3.05, 3.63) is 18.2 Å². The van der Waals surface area contributed by atoms with Crippen LogP contribution in [0.15, 0.2) is 23.4 Å². The van der Waals surface area contributed by atoms with E-state index in [0.717, 1.165) is 5.69 Å². The average Bonchev–Trinajstić information content (AvgIpc) is 3.04. The number of hydrogen-bond donors (Lipinski definition) is 1. The SMILES string of the molecule is CC(=O)NC[C@H]1CN(c2ccc3c(c2)OC/C(=N\OCC2CCC2)N3C)C(=O)O1. The number of ether oxygens (including phenoxy) is 2. The summed E-state index contributed by atoms with van der Waals surface area (Å²) in [6.45, 7) is 3.05. The molecule has 1 aromatic rings. The van der Waals surface area contributed by atoms with Crippen LogP contribution in [0.25, 0.3) is 0 Å². The van der Waals surface area contributed by atoms with Crippen molar-refractivity contribution in [2.45, 2.75) is 32.3 Å². The number of oxime groups is 1. The number of likely N-dealkylation sites (N-methyl/N-ethyl adjacent to an activating group) is 1. The Balaban J connectivity index is 1.41. The Morgan fingerprint density at radius 2 is 2.21 bits per heavy atom. The Kier molecular flexibility index (Phi) is 5.46. The molecule has 156 valence electrons. The molecule has 1 saturated heterocycles. The second kappa shape index (κ2) is 8.18. The topological polar surface area (TPSA) is 92.7 Å². The molecule has 9 nitrogen and oxygen atoms in total. The third kappa shape index (κ3) is 4.23. The summed E-state index contributed by atoms with van der Waals surface area (Å²) in [5, 5.41) is 6.91. The molecule has 0 radical (unpaired) electrons. The molecule has 4 rings (SSSR count). The highest BCUT2D eigenvalue weighted by Gasteiger charge is 2.33. The van der Waals surface area contributed by atoms with Crippen molar-refractivity contribution in [1.82, 2.24) is 5.32 Å². The number of carbonyl (C=O) groups excluding carboxylic acids is 2. The fraction of sp³-hybridized carbons (Fsp3) is 0.550. The quantitative estimate of drug-likeness (QED) is 0.733. The Morgan fingerprint density at radius 1 is 1.38 bits per heavy atom. The number of rotatable bonds is 6. The first-order valence-corrected chi connectivity index (χ1v) is 9.93. The highest BCUT2D eigenvalue weighted by Crippen LogP contribution is 2.36. The lowest BCUT2D eigenvalue weighted by Crippen LogP contribution is -2.36. The number of cyclic esters (lactones) is 1. The summed E-state index contributed by atoms with van der Waals surface area (Å²) < 4.78 is 11.2. The molecule has 3 aliphatic rings. The summed E-state index contributed by atoms with van der Waals surface area (Å²) in [5.41, 5.74) is 1.54. The van der Waals surface area contributed by atoms with Gasteiger partial charge in [0.1, 0.15) is 25.1 Å². The van der Waals surface area contributed by atoms with Crippen LogP contribution in [0.5, 0.6) is 5.75 Å². The summed E-state index contributed by atoms with van der Waals surface area (Å²) in [6, 6.07) is 5.55. The zero-order valence-electron chi connectivity index (χ0n) is 16.7. The summed E-state index contributed by atoms with van der Waals surface area (Å²) in [6.07, 6.45) is 2.90. The number of amides is 2. The van der Waals surface area contributed by atoms with Crippen LogP contribution in [0.3, 0.4) is 0 Å². The normalized spacial score (nSPS) is 22.6. The van der Waals surface area contributed by atoms with Crippen molar-refractivity contribution in [2.75, 3.05) is 43.2 Å². The minimum Gasteiger partial charge on any atom is -0.483 e. The van der Waals surface area contributed by atoms with E-state index >= 15 is 0 Å². The highest BCUT2D eigenvalue weighted by molar-refractivity contribution is 6.01. The molecule has 2 aliphatic heterocycles. The monoisotopic (exact) mass is 402 g/mol. The van der Waals surface area contributed by atoms with Gasteiger partial charge in [0.25, 0.3) is 0 Å². The van der Waals surface area contributed by atoms with Gasteiger partial charge in [0.2, 0.25) is 5.91 Å². The zero-order valence-corrected chi connectivity index (χ0v) is 16.7. The van der Waals surface area contributed by atoms with E-state index < -0.39 is 6.09 Å². The molecule has 1 N–H and O–H groups in total. The van der Waals surface area contributed by atoms with Gasteiger partial charge in [-0.15, -0.1) is 0 Å². The van der Waals surface area contributed by atoms with E-state index in [1.807, 2.05) is 30.1 Å². The fourth-order valence-electron chi connectivity index (χ4n) is 3.50. The van der Waals surface area contributed by atoms with Gasteiger partial charge < -0.3 is 24.5 Å². The van der Waals surface area contributed by atoms with Crippen LogP contribution < -0.4 is 19.9 Å². The first kappa shape index (κ1) is 19.4. The van der Waals surface area contributed by atoms with Gasteiger partial charge in [-0.2, -0.15) is 0 Å². The van der Waals surface area contributed by atoms with E-state index in [1.165, 1.54) is 26.2 Å². The largest absolute Gasteiger partial charge is 0.483 e. The number of fused-ring (bicyclic) bond motifs is 1. The van der Waals surface area contributed by atoms with Gasteiger partial charge in [-0.3, -0.25) is 9.69 Å². The summed E-state index contributed by atoms with van der Waals surface area (Å²) in [7, 11) is 1.92. The molecule has 2 amide bonds. The second-order valence-corrected chi connectivity index (χ2v) is 7.65. The van der Waals surface area contributed by atoms with Crippen molar-refractivity contribution in [1.29, 1.82) is 0 Å². The van der Waals surface area contributed by atoms with Crippen molar-refractivity contribution in [3.8, 4) is 5.75 Å². The number of nitrogens with zero attached hydrogens (tertiary/aromatic N) is 3. The van der Waals surface area contributed by atoms with Gasteiger partial charge in [0.15, 0.2) is 5.84 Å². The van der Waals surface area contributed by atoms with E-state index in [9.17, 15) is 9.59 Å². The van der Waals surface area contributed by atoms with Crippen LogP contribution in [0.2, 0.25) is 0 Å². The van der Waals surface area contributed by atoms with Crippen LogP contribution >= 0.6 is 0 Å². The molecular weight excluding hydrogens is 376 g/mol. The van der Waals surface area contributed by atoms with Gasteiger partial charge in [0.05, 0.1) is 24.5 Å². The molecular formula is C20H26N4O5. The Bertz CT molecular complexity index is 823. The summed E-state index contributed by atoms with van der Waals surface area (Å²) in [4.78, 5) is 32.3. The Morgan fingerprint density at radius 3 is 2.93 bits per heavy atom. The van der Waals surface area contributed by atoms with E-state index in [0.29, 0.717) is 49.5 Å². The summed E-state index contributed by atoms with van der Waals surface area (Å²) in [5.74, 6) is 1.85. The lowest BCUT2D eigenvalue weighted by Gasteiger charge is -2.30. The van der Waals surface area contributed by atoms with Gasteiger partial charge in [-0.05, 0) is 30.9 Å².